The Bertz CT molecular complexity index is 978. The van der Waals surface area contributed by atoms with Crippen LogP contribution in [0.1, 0.15) is 15.2 Å². The van der Waals surface area contributed by atoms with Gasteiger partial charge in [-0.3, -0.25) is 4.79 Å². The number of carbonyl (C=O) groups excluding carboxylic acids is 1. The van der Waals surface area contributed by atoms with Gasteiger partial charge in [0.15, 0.2) is 0 Å². The van der Waals surface area contributed by atoms with Crippen LogP contribution in [0.4, 0.5) is 5.69 Å². The van der Waals surface area contributed by atoms with Crippen molar-refractivity contribution in [3.8, 4) is 10.4 Å². The van der Waals surface area contributed by atoms with E-state index in [1.165, 1.54) is 11.3 Å². The maximum atomic E-state index is 12.6. The molecule has 1 aromatic heterocycles. The van der Waals surface area contributed by atoms with Crippen LogP contribution in [-0.4, -0.2) is 44.0 Å². The van der Waals surface area contributed by atoms with E-state index in [0.29, 0.717) is 11.6 Å². The Morgan fingerprint density at radius 1 is 1.00 bits per heavy atom. The van der Waals surface area contributed by atoms with Crippen LogP contribution in [0.5, 0.6) is 0 Å². The molecule has 2 aromatic carbocycles. The third-order valence-electron chi connectivity index (χ3n) is 5.21. The summed E-state index contributed by atoms with van der Waals surface area (Å²) in [6.07, 6.45) is 0. The van der Waals surface area contributed by atoms with E-state index < -0.39 is 0 Å². The van der Waals surface area contributed by atoms with Crippen molar-refractivity contribution in [1.82, 2.24) is 10.2 Å². The molecule has 0 saturated carbocycles. The maximum Gasteiger partial charge on any atom is 0.261 e. The molecule has 2 heterocycles. The zero-order valence-corrected chi connectivity index (χ0v) is 18.0. The lowest BCUT2D eigenvalue weighted by Crippen LogP contribution is -2.44. The molecule has 0 atom stereocenters. The lowest BCUT2D eigenvalue weighted by atomic mass is 10.1. The maximum absolute atomic E-state index is 12.6. The predicted molar refractivity (Wildman–Crippen MR) is 122 cm³/mol. The Balaban J connectivity index is 1.47. The van der Waals surface area contributed by atoms with Crippen molar-refractivity contribution in [2.24, 2.45) is 0 Å². The molecule has 29 heavy (non-hydrogen) atoms. The molecule has 0 unspecified atom stereocenters. The summed E-state index contributed by atoms with van der Waals surface area (Å²) in [6, 6.07) is 20.0. The predicted octanol–water partition coefficient (Wildman–Crippen LogP) is 4.75. The van der Waals surface area contributed by atoms with Crippen LogP contribution >= 0.6 is 22.9 Å². The molecule has 150 valence electrons. The molecule has 6 heteroatoms. The highest BCUT2D eigenvalue weighted by Gasteiger charge is 2.19. The number of halogens is 1. The first kappa shape index (κ1) is 20.0. The Hall–Kier alpha value is -2.34. The van der Waals surface area contributed by atoms with E-state index in [9.17, 15) is 4.79 Å². The number of nitrogens with zero attached hydrogens (tertiary/aromatic N) is 2. The normalized spacial score (nSPS) is 14.8. The van der Waals surface area contributed by atoms with Crippen LogP contribution in [0.15, 0.2) is 60.7 Å². The summed E-state index contributed by atoms with van der Waals surface area (Å²) in [5, 5.41) is 3.69. The smallest absolute Gasteiger partial charge is 0.261 e. The van der Waals surface area contributed by atoms with Crippen LogP contribution in [0.2, 0.25) is 5.02 Å². The van der Waals surface area contributed by atoms with Crippen molar-refractivity contribution >= 4 is 34.5 Å². The van der Waals surface area contributed by atoms with E-state index in [4.69, 9.17) is 11.6 Å². The van der Waals surface area contributed by atoms with Gasteiger partial charge in [0, 0.05) is 53.9 Å². The summed E-state index contributed by atoms with van der Waals surface area (Å²) < 4.78 is 0. The van der Waals surface area contributed by atoms with Crippen LogP contribution in [0.3, 0.4) is 0 Å². The summed E-state index contributed by atoms with van der Waals surface area (Å²) in [7, 11) is 2.16. The SMILES string of the molecule is CN1CCN(c2ccccc2-c2ccc(C(=O)NCc3ccc(Cl)cc3)s2)CC1. The van der Waals surface area contributed by atoms with Crippen molar-refractivity contribution in [1.29, 1.82) is 0 Å². The monoisotopic (exact) mass is 425 g/mol. The number of likely N-dealkylation sites (N-methyl/N-ethyl adjacent to an activating group) is 1. The molecule has 1 aliphatic rings. The standard InChI is InChI=1S/C23H24ClN3OS/c1-26-12-14-27(15-13-26)20-5-3-2-4-19(20)21-10-11-22(29-21)23(28)25-16-17-6-8-18(24)9-7-17/h2-11H,12-16H2,1H3,(H,25,28). The molecule has 0 bridgehead atoms. The average molecular weight is 426 g/mol. The van der Waals surface area contributed by atoms with E-state index >= 15 is 0 Å². The molecule has 4 nitrogen and oxygen atoms in total. The second-order valence-electron chi connectivity index (χ2n) is 7.28. The number of nitrogens with one attached hydrogen (secondary N) is 1. The van der Waals surface area contributed by atoms with E-state index in [-0.39, 0.29) is 5.91 Å². The molecule has 0 aliphatic carbocycles. The van der Waals surface area contributed by atoms with E-state index in [1.807, 2.05) is 30.3 Å². The Kier molecular flexibility index (Phi) is 6.19. The Morgan fingerprint density at radius 3 is 2.48 bits per heavy atom. The fourth-order valence-corrected chi connectivity index (χ4v) is 4.56. The summed E-state index contributed by atoms with van der Waals surface area (Å²) in [5.41, 5.74) is 3.47. The molecule has 1 fully saturated rings. The van der Waals surface area contributed by atoms with Crippen molar-refractivity contribution in [2.45, 2.75) is 6.54 Å². The Labute approximate surface area is 180 Å². The van der Waals surface area contributed by atoms with Crippen molar-refractivity contribution in [3.63, 3.8) is 0 Å². The number of hydrogen-bond donors (Lipinski definition) is 1. The molecular weight excluding hydrogens is 402 g/mol. The number of hydrogen-bond acceptors (Lipinski definition) is 4. The lowest BCUT2D eigenvalue weighted by Gasteiger charge is -2.35. The molecule has 1 aliphatic heterocycles. The van der Waals surface area contributed by atoms with Crippen molar-refractivity contribution < 1.29 is 4.79 Å². The number of anilines is 1. The number of para-hydroxylation sites is 1. The first-order valence-electron chi connectivity index (χ1n) is 9.75. The van der Waals surface area contributed by atoms with Gasteiger partial charge in [-0.2, -0.15) is 0 Å². The molecule has 1 saturated heterocycles. The second-order valence-corrected chi connectivity index (χ2v) is 8.80. The minimum atomic E-state index is -0.0479. The van der Waals surface area contributed by atoms with E-state index in [0.717, 1.165) is 41.5 Å². The molecule has 0 radical (unpaired) electrons. The second kappa shape index (κ2) is 8.99. The number of carbonyl (C=O) groups is 1. The largest absolute Gasteiger partial charge is 0.368 e. The van der Waals surface area contributed by atoms with Gasteiger partial charge in [-0.05, 0) is 42.9 Å². The Morgan fingerprint density at radius 2 is 1.72 bits per heavy atom. The summed E-state index contributed by atoms with van der Waals surface area (Å²) in [5.74, 6) is -0.0479. The van der Waals surface area contributed by atoms with Crippen LogP contribution in [0, 0.1) is 0 Å². The van der Waals surface area contributed by atoms with Gasteiger partial charge in [0.05, 0.1) is 4.88 Å². The molecule has 3 aromatic rings. The fraction of sp³-hybridized carbons (Fsp3) is 0.261. The fourth-order valence-electron chi connectivity index (χ4n) is 3.48. The highest BCUT2D eigenvalue weighted by molar-refractivity contribution is 7.17. The topological polar surface area (TPSA) is 35.6 Å². The van der Waals surface area contributed by atoms with Crippen molar-refractivity contribution in [2.75, 3.05) is 38.1 Å². The minimum Gasteiger partial charge on any atom is -0.368 e. The van der Waals surface area contributed by atoms with E-state index in [1.54, 1.807) is 11.3 Å². The average Bonchev–Trinajstić information content (AvgIpc) is 3.24. The number of benzene rings is 2. The zero-order valence-electron chi connectivity index (χ0n) is 16.4. The third kappa shape index (κ3) is 4.81. The quantitative estimate of drug-likeness (QED) is 0.640. The van der Waals surface area contributed by atoms with Gasteiger partial charge in [-0.15, -0.1) is 11.3 Å². The van der Waals surface area contributed by atoms with Crippen molar-refractivity contribution in [3.05, 3.63) is 76.1 Å². The highest BCUT2D eigenvalue weighted by atomic mass is 35.5. The molecular formula is C23H24ClN3OS. The first-order valence-corrected chi connectivity index (χ1v) is 10.9. The zero-order chi connectivity index (χ0) is 20.2. The molecule has 4 rings (SSSR count). The van der Waals surface area contributed by atoms with Gasteiger partial charge in [0.25, 0.3) is 5.91 Å². The van der Waals surface area contributed by atoms with Crippen LogP contribution < -0.4 is 10.2 Å². The minimum absolute atomic E-state index is 0.0479. The number of thiophene rings is 1. The molecule has 1 N–H and O–H groups in total. The van der Waals surface area contributed by atoms with Crippen LogP contribution in [0.25, 0.3) is 10.4 Å². The number of piperazine rings is 1. The number of amides is 1. The van der Waals surface area contributed by atoms with Gasteiger partial charge in [0.2, 0.25) is 0 Å². The van der Waals surface area contributed by atoms with Crippen LogP contribution in [-0.2, 0) is 6.54 Å². The van der Waals surface area contributed by atoms with Gasteiger partial charge >= 0.3 is 0 Å². The summed E-state index contributed by atoms with van der Waals surface area (Å²) in [4.78, 5) is 19.2. The number of rotatable bonds is 5. The molecule has 1 amide bonds. The third-order valence-corrected chi connectivity index (χ3v) is 6.58. The molecule has 0 spiro atoms. The first-order chi connectivity index (χ1) is 14.1. The van der Waals surface area contributed by atoms with Gasteiger partial charge in [0.1, 0.15) is 0 Å². The van der Waals surface area contributed by atoms with Gasteiger partial charge in [-0.25, -0.2) is 0 Å². The highest BCUT2D eigenvalue weighted by Crippen LogP contribution is 2.35. The summed E-state index contributed by atoms with van der Waals surface area (Å²) >= 11 is 7.46. The van der Waals surface area contributed by atoms with Gasteiger partial charge < -0.3 is 15.1 Å². The van der Waals surface area contributed by atoms with E-state index in [2.05, 4.69) is 52.5 Å². The van der Waals surface area contributed by atoms with Gasteiger partial charge in [-0.1, -0.05) is 41.9 Å². The summed E-state index contributed by atoms with van der Waals surface area (Å²) in [6.45, 7) is 4.66. The lowest BCUT2D eigenvalue weighted by molar-refractivity contribution is 0.0955.